The van der Waals surface area contributed by atoms with E-state index in [-0.39, 0.29) is 18.9 Å². The summed E-state index contributed by atoms with van der Waals surface area (Å²) in [7, 11) is 1.64. The van der Waals surface area contributed by atoms with Crippen LogP contribution in [0.1, 0.15) is 17.3 Å². The van der Waals surface area contributed by atoms with E-state index >= 15 is 0 Å². The van der Waals surface area contributed by atoms with Crippen molar-refractivity contribution in [2.24, 2.45) is 0 Å². The molecule has 0 bridgehead atoms. The summed E-state index contributed by atoms with van der Waals surface area (Å²) < 4.78 is 18.2. The van der Waals surface area contributed by atoms with Crippen molar-refractivity contribution in [3.63, 3.8) is 0 Å². The van der Waals surface area contributed by atoms with Crippen LogP contribution in [0.15, 0.2) is 60.8 Å². The second-order valence-corrected chi connectivity index (χ2v) is 6.99. The fourth-order valence-electron chi connectivity index (χ4n) is 3.91. The van der Waals surface area contributed by atoms with E-state index in [1.165, 1.54) is 0 Å². The maximum atomic E-state index is 13.2. The van der Waals surface area contributed by atoms with Gasteiger partial charge in [-0.15, -0.1) is 0 Å². The van der Waals surface area contributed by atoms with Gasteiger partial charge >= 0.3 is 6.03 Å². The number of urea groups is 1. The molecule has 2 aliphatic heterocycles. The molecular formula is C22H21N3O4. The van der Waals surface area contributed by atoms with Crippen LogP contribution in [0, 0.1) is 0 Å². The molecule has 29 heavy (non-hydrogen) atoms. The van der Waals surface area contributed by atoms with Gasteiger partial charge in [-0.2, -0.15) is 0 Å². The van der Waals surface area contributed by atoms with Gasteiger partial charge in [0.15, 0.2) is 11.5 Å². The van der Waals surface area contributed by atoms with Crippen LogP contribution >= 0.6 is 0 Å². The Labute approximate surface area is 168 Å². The number of rotatable bonds is 3. The van der Waals surface area contributed by atoms with Crippen LogP contribution in [0.2, 0.25) is 0 Å². The number of fused-ring (bicyclic) bond motifs is 2. The van der Waals surface area contributed by atoms with Crippen molar-refractivity contribution < 1.29 is 19.0 Å². The van der Waals surface area contributed by atoms with Crippen molar-refractivity contribution in [3.8, 4) is 17.2 Å². The molecule has 0 aliphatic carbocycles. The normalized spacial score (nSPS) is 17.0. The lowest BCUT2D eigenvalue weighted by Crippen LogP contribution is -2.44. The number of hydrogen-bond acceptors (Lipinski definition) is 4. The quantitative estimate of drug-likeness (QED) is 0.736. The number of ether oxygens (including phenoxy) is 3. The van der Waals surface area contributed by atoms with Crippen LogP contribution in [0.5, 0.6) is 17.2 Å². The van der Waals surface area contributed by atoms with Crippen molar-refractivity contribution in [2.45, 2.75) is 12.6 Å². The van der Waals surface area contributed by atoms with Crippen LogP contribution in [-0.2, 0) is 6.54 Å². The average molecular weight is 391 g/mol. The Morgan fingerprint density at radius 1 is 1.07 bits per heavy atom. The highest BCUT2D eigenvalue weighted by Crippen LogP contribution is 2.36. The Morgan fingerprint density at radius 2 is 1.90 bits per heavy atom. The minimum Gasteiger partial charge on any atom is -0.497 e. The molecular weight excluding hydrogens is 370 g/mol. The molecule has 3 heterocycles. The third-order valence-electron chi connectivity index (χ3n) is 5.35. The van der Waals surface area contributed by atoms with Crippen LogP contribution in [0.3, 0.4) is 0 Å². The summed E-state index contributed by atoms with van der Waals surface area (Å²) in [6.07, 6.45) is 2.05. The standard InChI is InChI=1S/C22H21N3O4/c1-27-17-7-4-15(5-8-17)21-18-3-2-10-24(18)11-12-25(21)22(26)23-16-6-9-19-20(13-16)29-14-28-19/h2-10,13,21H,11-12,14H2,1H3,(H,23,26). The summed E-state index contributed by atoms with van der Waals surface area (Å²) in [6, 6.07) is 17.0. The average Bonchev–Trinajstić information content (AvgIpc) is 3.42. The van der Waals surface area contributed by atoms with Gasteiger partial charge in [-0.1, -0.05) is 12.1 Å². The van der Waals surface area contributed by atoms with Gasteiger partial charge in [-0.25, -0.2) is 4.79 Å². The van der Waals surface area contributed by atoms with Crippen molar-refractivity contribution in [2.75, 3.05) is 25.8 Å². The molecule has 1 unspecified atom stereocenters. The molecule has 0 saturated carbocycles. The zero-order valence-electron chi connectivity index (χ0n) is 16.0. The number of benzene rings is 2. The second-order valence-electron chi connectivity index (χ2n) is 6.99. The molecule has 1 atom stereocenters. The molecule has 2 aliphatic rings. The molecule has 2 aromatic carbocycles. The van der Waals surface area contributed by atoms with Gasteiger partial charge in [0.25, 0.3) is 0 Å². The van der Waals surface area contributed by atoms with Crippen LogP contribution < -0.4 is 19.5 Å². The minimum atomic E-state index is -0.182. The molecule has 0 spiro atoms. The lowest BCUT2D eigenvalue weighted by Gasteiger charge is -2.37. The topological polar surface area (TPSA) is 65.0 Å². The van der Waals surface area contributed by atoms with E-state index in [9.17, 15) is 4.79 Å². The third-order valence-corrected chi connectivity index (χ3v) is 5.35. The number of carbonyl (C=O) groups is 1. The molecule has 5 rings (SSSR count). The molecule has 148 valence electrons. The summed E-state index contributed by atoms with van der Waals surface area (Å²) in [5.41, 5.74) is 2.79. The summed E-state index contributed by atoms with van der Waals surface area (Å²) in [5.74, 6) is 2.12. The first-order valence-electron chi connectivity index (χ1n) is 9.49. The Balaban J connectivity index is 1.44. The molecule has 1 N–H and O–H groups in total. The number of nitrogens with one attached hydrogen (secondary N) is 1. The van der Waals surface area contributed by atoms with Gasteiger partial charge in [0.1, 0.15) is 5.75 Å². The highest BCUT2D eigenvalue weighted by Gasteiger charge is 2.32. The summed E-state index contributed by atoms with van der Waals surface area (Å²) in [6.45, 7) is 1.56. The van der Waals surface area contributed by atoms with E-state index < -0.39 is 0 Å². The number of methoxy groups -OCH3 is 1. The van der Waals surface area contributed by atoms with Crippen LogP contribution in [-0.4, -0.2) is 35.9 Å². The zero-order chi connectivity index (χ0) is 19.8. The molecule has 1 aromatic heterocycles. The van der Waals surface area contributed by atoms with Gasteiger partial charge in [0.05, 0.1) is 13.2 Å². The SMILES string of the molecule is COc1ccc(C2c3cccn3CCN2C(=O)Nc2ccc3c(c2)OCO3)cc1. The number of nitrogens with zero attached hydrogens (tertiary/aromatic N) is 2. The Kier molecular flexibility index (Phi) is 4.27. The molecule has 0 fully saturated rings. The molecule has 7 heteroatoms. The fraction of sp³-hybridized carbons (Fsp3) is 0.227. The van der Waals surface area contributed by atoms with Crippen molar-refractivity contribution in [1.82, 2.24) is 9.47 Å². The zero-order valence-corrected chi connectivity index (χ0v) is 16.0. The van der Waals surface area contributed by atoms with Gasteiger partial charge in [-0.3, -0.25) is 0 Å². The summed E-state index contributed by atoms with van der Waals surface area (Å²) >= 11 is 0. The number of carbonyl (C=O) groups excluding carboxylic acids is 1. The van der Waals surface area contributed by atoms with E-state index in [1.807, 2.05) is 41.3 Å². The van der Waals surface area contributed by atoms with E-state index in [2.05, 4.69) is 22.1 Å². The molecule has 3 aromatic rings. The first kappa shape index (κ1) is 17.5. The van der Waals surface area contributed by atoms with Gasteiger partial charge in [0.2, 0.25) is 6.79 Å². The Bertz CT molecular complexity index is 1040. The maximum Gasteiger partial charge on any atom is 0.322 e. The van der Waals surface area contributed by atoms with Crippen molar-refractivity contribution in [1.29, 1.82) is 0 Å². The number of hydrogen-bond donors (Lipinski definition) is 1. The van der Waals surface area contributed by atoms with Crippen molar-refractivity contribution in [3.05, 3.63) is 72.1 Å². The monoisotopic (exact) mass is 391 g/mol. The lowest BCUT2D eigenvalue weighted by atomic mass is 10.00. The fourth-order valence-corrected chi connectivity index (χ4v) is 3.91. The molecule has 0 saturated heterocycles. The van der Waals surface area contributed by atoms with Crippen LogP contribution in [0.4, 0.5) is 10.5 Å². The smallest absolute Gasteiger partial charge is 0.322 e. The number of aromatic nitrogens is 1. The predicted molar refractivity (Wildman–Crippen MR) is 108 cm³/mol. The highest BCUT2D eigenvalue weighted by atomic mass is 16.7. The molecule has 2 amide bonds. The van der Waals surface area contributed by atoms with E-state index in [0.717, 1.165) is 23.6 Å². The first-order chi connectivity index (χ1) is 14.2. The second kappa shape index (κ2) is 7.09. The first-order valence-corrected chi connectivity index (χ1v) is 9.49. The molecule has 7 nitrogen and oxygen atoms in total. The van der Waals surface area contributed by atoms with Crippen LogP contribution in [0.25, 0.3) is 0 Å². The molecule has 0 radical (unpaired) electrons. The third kappa shape index (κ3) is 3.14. The summed E-state index contributed by atoms with van der Waals surface area (Å²) in [4.78, 5) is 15.1. The Hall–Kier alpha value is -3.61. The lowest BCUT2D eigenvalue weighted by molar-refractivity contribution is 0.174. The minimum absolute atomic E-state index is 0.155. The largest absolute Gasteiger partial charge is 0.497 e. The predicted octanol–water partition coefficient (Wildman–Crippen LogP) is 3.86. The van der Waals surface area contributed by atoms with E-state index in [0.29, 0.717) is 23.7 Å². The highest BCUT2D eigenvalue weighted by molar-refractivity contribution is 5.90. The van der Waals surface area contributed by atoms with Gasteiger partial charge < -0.3 is 29.0 Å². The summed E-state index contributed by atoms with van der Waals surface area (Å²) in [5, 5.41) is 3.00. The van der Waals surface area contributed by atoms with Gasteiger partial charge in [0, 0.05) is 36.7 Å². The van der Waals surface area contributed by atoms with Gasteiger partial charge in [-0.05, 0) is 42.0 Å². The van der Waals surface area contributed by atoms with E-state index in [1.54, 1.807) is 19.2 Å². The number of amides is 2. The number of anilines is 1. The Morgan fingerprint density at radius 3 is 2.72 bits per heavy atom. The van der Waals surface area contributed by atoms with Crippen molar-refractivity contribution >= 4 is 11.7 Å². The maximum absolute atomic E-state index is 13.2. The van der Waals surface area contributed by atoms with E-state index in [4.69, 9.17) is 14.2 Å².